The Morgan fingerprint density at radius 3 is 2.79 bits per heavy atom. The van der Waals surface area contributed by atoms with Crippen LogP contribution in [0.1, 0.15) is 35.3 Å². The summed E-state index contributed by atoms with van der Waals surface area (Å²) in [5.41, 5.74) is 2.18. The van der Waals surface area contributed by atoms with E-state index in [1.54, 1.807) is 0 Å². The molecule has 0 radical (unpaired) electrons. The van der Waals surface area contributed by atoms with Gasteiger partial charge in [-0.05, 0) is 12.0 Å². The normalized spacial score (nSPS) is 11.4. The fraction of sp³-hybridized carbons (Fsp3) is 0.400. The Morgan fingerprint density at radius 1 is 1.57 bits per heavy atom. The smallest absolute Gasteiger partial charge is 0.178 e. The Kier molecular flexibility index (Phi) is 2.15. The number of nitrogens with zero attached hydrogens (tertiary/aromatic N) is 2. The summed E-state index contributed by atoms with van der Waals surface area (Å²) >= 11 is 1.45. The second-order valence-corrected chi connectivity index (χ2v) is 4.70. The predicted molar refractivity (Wildman–Crippen MR) is 58.1 cm³/mol. The Morgan fingerprint density at radius 2 is 2.29 bits per heavy atom. The minimum Gasteiger partial charge on any atom is -0.332 e. The number of aryl methyl sites for hydroxylation is 1. The summed E-state index contributed by atoms with van der Waals surface area (Å²) in [6.45, 7) is 4.30. The summed E-state index contributed by atoms with van der Waals surface area (Å²) in [5.74, 6) is 0.487. The van der Waals surface area contributed by atoms with Crippen LogP contribution in [-0.2, 0) is 7.05 Å². The molecule has 2 aromatic heterocycles. The van der Waals surface area contributed by atoms with Crippen molar-refractivity contribution in [3.63, 3.8) is 0 Å². The van der Waals surface area contributed by atoms with Crippen molar-refractivity contribution in [3.8, 4) is 0 Å². The largest absolute Gasteiger partial charge is 0.332 e. The first-order valence-corrected chi connectivity index (χ1v) is 5.36. The van der Waals surface area contributed by atoms with Crippen LogP contribution in [0.15, 0.2) is 6.07 Å². The van der Waals surface area contributed by atoms with Gasteiger partial charge in [-0.15, -0.1) is 11.3 Å². The summed E-state index contributed by atoms with van der Waals surface area (Å²) in [6, 6.07) is 2.12. The van der Waals surface area contributed by atoms with Gasteiger partial charge in [0.05, 0.1) is 4.70 Å². The third kappa shape index (κ3) is 1.26. The first kappa shape index (κ1) is 9.40. The second-order valence-electron chi connectivity index (χ2n) is 3.64. The van der Waals surface area contributed by atoms with Crippen molar-refractivity contribution in [3.05, 3.63) is 16.8 Å². The molecule has 3 nitrogen and oxygen atoms in total. The summed E-state index contributed by atoms with van der Waals surface area (Å²) < 4.78 is 3.15. The molecule has 0 amide bonds. The van der Waals surface area contributed by atoms with Crippen LogP contribution in [0.3, 0.4) is 0 Å². The molecule has 2 heterocycles. The quantitative estimate of drug-likeness (QED) is 0.711. The fourth-order valence-corrected chi connectivity index (χ4v) is 2.49. The molecule has 14 heavy (non-hydrogen) atoms. The van der Waals surface area contributed by atoms with Crippen LogP contribution in [0.2, 0.25) is 0 Å². The standard InChI is InChI=1S/C10H12N2OS/c1-6(2)7-4-8-10(12(7)3)11-9(5-13)14-8/h4-6H,1-3H3. The molecule has 0 bridgehead atoms. The van der Waals surface area contributed by atoms with Gasteiger partial charge >= 0.3 is 0 Å². The maximum absolute atomic E-state index is 10.5. The molecule has 0 unspecified atom stereocenters. The maximum Gasteiger partial charge on any atom is 0.178 e. The van der Waals surface area contributed by atoms with Gasteiger partial charge in [0.15, 0.2) is 16.9 Å². The van der Waals surface area contributed by atoms with Crippen molar-refractivity contribution >= 4 is 28.0 Å². The molecular formula is C10H12N2OS. The van der Waals surface area contributed by atoms with Crippen LogP contribution < -0.4 is 0 Å². The number of hydrogen-bond acceptors (Lipinski definition) is 3. The molecule has 0 aliphatic carbocycles. The van der Waals surface area contributed by atoms with Crippen LogP contribution in [0.4, 0.5) is 0 Å². The molecule has 0 aliphatic heterocycles. The van der Waals surface area contributed by atoms with E-state index in [9.17, 15) is 4.79 Å². The molecule has 2 rings (SSSR count). The molecule has 0 saturated heterocycles. The van der Waals surface area contributed by atoms with E-state index in [4.69, 9.17) is 0 Å². The van der Waals surface area contributed by atoms with Crippen molar-refractivity contribution in [1.29, 1.82) is 0 Å². The lowest BCUT2D eigenvalue weighted by Gasteiger charge is -2.05. The molecule has 0 aliphatic rings. The Bertz CT molecular complexity index is 481. The highest BCUT2D eigenvalue weighted by molar-refractivity contribution is 7.20. The summed E-state index contributed by atoms with van der Waals surface area (Å²) in [4.78, 5) is 14.8. The van der Waals surface area contributed by atoms with Crippen LogP contribution in [-0.4, -0.2) is 15.8 Å². The monoisotopic (exact) mass is 208 g/mol. The van der Waals surface area contributed by atoms with Crippen molar-refractivity contribution < 1.29 is 4.79 Å². The number of fused-ring (bicyclic) bond motifs is 1. The number of carbonyl (C=O) groups is 1. The van der Waals surface area contributed by atoms with E-state index < -0.39 is 0 Å². The van der Waals surface area contributed by atoms with Gasteiger partial charge in [0.25, 0.3) is 0 Å². The van der Waals surface area contributed by atoms with Crippen molar-refractivity contribution in [2.24, 2.45) is 7.05 Å². The van der Waals surface area contributed by atoms with E-state index in [1.807, 2.05) is 7.05 Å². The molecule has 0 N–H and O–H groups in total. The third-order valence-corrected chi connectivity index (χ3v) is 3.24. The average Bonchev–Trinajstić information content (AvgIpc) is 2.65. The molecule has 74 valence electrons. The minimum atomic E-state index is 0.487. The molecule has 0 spiro atoms. The van der Waals surface area contributed by atoms with Crippen molar-refractivity contribution in [2.45, 2.75) is 19.8 Å². The molecule has 4 heteroatoms. The highest BCUT2D eigenvalue weighted by Crippen LogP contribution is 2.27. The lowest BCUT2D eigenvalue weighted by atomic mass is 10.1. The van der Waals surface area contributed by atoms with Gasteiger partial charge in [-0.2, -0.15) is 0 Å². The van der Waals surface area contributed by atoms with E-state index in [1.165, 1.54) is 17.0 Å². The molecule has 0 saturated carbocycles. The zero-order chi connectivity index (χ0) is 10.3. The van der Waals surface area contributed by atoms with Crippen molar-refractivity contribution in [1.82, 2.24) is 9.55 Å². The first-order chi connectivity index (χ1) is 6.63. The highest BCUT2D eigenvalue weighted by Gasteiger charge is 2.12. The van der Waals surface area contributed by atoms with E-state index in [0.717, 1.165) is 16.6 Å². The second kappa shape index (κ2) is 3.20. The summed E-state index contributed by atoms with van der Waals surface area (Å²) in [5, 5.41) is 0.556. The number of aldehydes is 1. The van der Waals surface area contributed by atoms with E-state index >= 15 is 0 Å². The summed E-state index contributed by atoms with van der Waals surface area (Å²) in [7, 11) is 1.99. The predicted octanol–water partition coefficient (Wildman–Crippen LogP) is 2.57. The van der Waals surface area contributed by atoms with Crippen molar-refractivity contribution in [2.75, 3.05) is 0 Å². The van der Waals surface area contributed by atoms with Gasteiger partial charge in [-0.25, -0.2) is 4.98 Å². The van der Waals surface area contributed by atoms with Gasteiger partial charge in [0.2, 0.25) is 0 Å². The number of carbonyl (C=O) groups excluding carboxylic acids is 1. The Labute approximate surface area is 86.4 Å². The van der Waals surface area contributed by atoms with Crippen LogP contribution >= 0.6 is 11.3 Å². The Balaban J connectivity index is 2.66. The van der Waals surface area contributed by atoms with Gasteiger partial charge in [-0.1, -0.05) is 13.8 Å². The number of rotatable bonds is 2. The molecular weight excluding hydrogens is 196 g/mol. The molecule has 0 fully saturated rings. The summed E-state index contributed by atoms with van der Waals surface area (Å²) in [6.07, 6.45) is 0.805. The minimum absolute atomic E-state index is 0.487. The lowest BCUT2D eigenvalue weighted by Crippen LogP contribution is -1.98. The molecule has 0 aromatic carbocycles. The van der Waals surface area contributed by atoms with Gasteiger partial charge in [-0.3, -0.25) is 4.79 Å². The molecule has 0 atom stereocenters. The van der Waals surface area contributed by atoms with Gasteiger partial charge in [0.1, 0.15) is 0 Å². The SMILES string of the molecule is CC(C)c1cc2sc(C=O)nc2n1C. The maximum atomic E-state index is 10.5. The zero-order valence-corrected chi connectivity index (χ0v) is 9.26. The third-order valence-electron chi connectivity index (χ3n) is 2.33. The zero-order valence-electron chi connectivity index (χ0n) is 8.44. The number of aromatic nitrogens is 2. The number of thiazole rings is 1. The topological polar surface area (TPSA) is 34.9 Å². The fourth-order valence-electron chi connectivity index (χ4n) is 1.63. The van der Waals surface area contributed by atoms with Crippen LogP contribution in [0.5, 0.6) is 0 Å². The van der Waals surface area contributed by atoms with Gasteiger partial charge < -0.3 is 4.57 Å². The van der Waals surface area contributed by atoms with E-state index in [2.05, 4.69) is 29.5 Å². The van der Waals surface area contributed by atoms with Crippen LogP contribution in [0, 0.1) is 0 Å². The average molecular weight is 208 g/mol. The van der Waals surface area contributed by atoms with E-state index in [0.29, 0.717) is 10.9 Å². The van der Waals surface area contributed by atoms with Gasteiger partial charge in [0, 0.05) is 12.7 Å². The number of hydrogen-bond donors (Lipinski definition) is 0. The Hall–Kier alpha value is -1.16. The van der Waals surface area contributed by atoms with E-state index in [-0.39, 0.29) is 0 Å². The molecule has 2 aromatic rings. The van der Waals surface area contributed by atoms with Crippen LogP contribution in [0.25, 0.3) is 10.3 Å². The highest BCUT2D eigenvalue weighted by atomic mass is 32.1. The first-order valence-electron chi connectivity index (χ1n) is 4.54. The lowest BCUT2D eigenvalue weighted by molar-refractivity contribution is 0.112.